The SMILES string of the molecule is O=C(c1ccc(-n2cccc2)cc1)N1CC(N2C(=O)COC2=O)C1. The minimum atomic E-state index is -0.617. The molecule has 24 heavy (non-hydrogen) atoms. The lowest BCUT2D eigenvalue weighted by Crippen LogP contribution is -2.62. The third-order valence-electron chi connectivity index (χ3n) is 4.32. The molecule has 2 aliphatic heterocycles. The van der Waals surface area contributed by atoms with E-state index in [0.29, 0.717) is 18.7 Å². The molecule has 7 heteroatoms. The Labute approximate surface area is 138 Å². The summed E-state index contributed by atoms with van der Waals surface area (Å²) in [4.78, 5) is 38.3. The van der Waals surface area contributed by atoms with Crippen molar-refractivity contribution in [3.63, 3.8) is 0 Å². The summed E-state index contributed by atoms with van der Waals surface area (Å²) >= 11 is 0. The molecule has 1 aromatic carbocycles. The maximum atomic E-state index is 12.4. The average Bonchev–Trinajstić information content (AvgIpc) is 3.19. The first-order valence-electron chi connectivity index (χ1n) is 7.65. The summed E-state index contributed by atoms with van der Waals surface area (Å²) in [6, 6.07) is 10.9. The molecular weight excluding hydrogens is 310 g/mol. The number of benzene rings is 1. The number of ether oxygens (including phenoxy) is 1. The normalized spacial score (nSPS) is 17.8. The highest BCUT2D eigenvalue weighted by Gasteiger charge is 2.44. The molecule has 2 aromatic rings. The van der Waals surface area contributed by atoms with Gasteiger partial charge in [0.15, 0.2) is 6.61 Å². The number of carbonyl (C=O) groups is 3. The van der Waals surface area contributed by atoms with Crippen molar-refractivity contribution in [2.24, 2.45) is 0 Å². The van der Waals surface area contributed by atoms with E-state index >= 15 is 0 Å². The van der Waals surface area contributed by atoms with Gasteiger partial charge in [0, 0.05) is 36.7 Å². The summed E-state index contributed by atoms with van der Waals surface area (Å²) < 4.78 is 6.65. The number of cyclic esters (lactones) is 1. The quantitative estimate of drug-likeness (QED) is 0.852. The Bertz CT molecular complexity index is 776. The van der Waals surface area contributed by atoms with E-state index < -0.39 is 6.09 Å². The van der Waals surface area contributed by atoms with Gasteiger partial charge in [0.25, 0.3) is 11.8 Å². The van der Waals surface area contributed by atoms with Crippen LogP contribution in [-0.4, -0.2) is 58.0 Å². The Kier molecular flexibility index (Phi) is 3.34. The zero-order valence-corrected chi connectivity index (χ0v) is 12.8. The van der Waals surface area contributed by atoms with Gasteiger partial charge >= 0.3 is 6.09 Å². The molecule has 3 amide bonds. The Hall–Kier alpha value is -3.09. The van der Waals surface area contributed by atoms with Crippen LogP contribution in [0, 0.1) is 0 Å². The summed E-state index contributed by atoms with van der Waals surface area (Å²) in [7, 11) is 0. The molecule has 0 bridgehead atoms. The number of nitrogens with zero attached hydrogens (tertiary/aromatic N) is 3. The second-order valence-corrected chi connectivity index (χ2v) is 5.82. The van der Waals surface area contributed by atoms with Crippen LogP contribution in [-0.2, 0) is 9.53 Å². The second kappa shape index (κ2) is 5.52. The molecule has 1 aromatic heterocycles. The van der Waals surface area contributed by atoms with Crippen molar-refractivity contribution in [1.82, 2.24) is 14.4 Å². The van der Waals surface area contributed by atoms with Crippen LogP contribution in [0.2, 0.25) is 0 Å². The standard InChI is InChI=1S/C17H15N3O4/c21-15-11-24-17(23)20(15)14-9-19(10-14)16(22)12-3-5-13(6-4-12)18-7-1-2-8-18/h1-8,14H,9-11H2. The van der Waals surface area contributed by atoms with Crippen molar-refractivity contribution in [3.05, 3.63) is 54.4 Å². The molecule has 0 N–H and O–H groups in total. The molecule has 0 aliphatic carbocycles. The third kappa shape index (κ3) is 2.34. The predicted octanol–water partition coefficient (Wildman–Crippen LogP) is 1.28. The fourth-order valence-electron chi connectivity index (χ4n) is 2.97. The van der Waals surface area contributed by atoms with Crippen molar-refractivity contribution in [3.8, 4) is 5.69 Å². The molecule has 4 rings (SSSR count). The summed E-state index contributed by atoms with van der Waals surface area (Å²) in [5.41, 5.74) is 1.56. The largest absolute Gasteiger partial charge is 0.439 e. The average molecular weight is 325 g/mol. The van der Waals surface area contributed by atoms with Crippen LogP contribution in [0.3, 0.4) is 0 Å². The fourth-order valence-corrected chi connectivity index (χ4v) is 2.97. The zero-order valence-electron chi connectivity index (χ0n) is 12.8. The number of carbonyl (C=O) groups excluding carboxylic acids is 3. The molecule has 2 saturated heterocycles. The third-order valence-corrected chi connectivity index (χ3v) is 4.32. The Morgan fingerprint density at radius 2 is 1.71 bits per heavy atom. The Morgan fingerprint density at radius 3 is 2.29 bits per heavy atom. The molecule has 0 atom stereocenters. The maximum absolute atomic E-state index is 12.4. The zero-order chi connectivity index (χ0) is 16.7. The maximum Gasteiger partial charge on any atom is 0.417 e. The monoisotopic (exact) mass is 325 g/mol. The minimum absolute atomic E-state index is 0.106. The molecule has 0 spiro atoms. The molecule has 0 unspecified atom stereocenters. The highest BCUT2D eigenvalue weighted by atomic mass is 16.6. The highest BCUT2D eigenvalue weighted by Crippen LogP contribution is 2.22. The Balaban J connectivity index is 1.41. The van der Waals surface area contributed by atoms with Crippen LogP contribution in [0.25, 0.3) is 5.69 Å². The molecule has 0 saturated carbocycles. The number of rotatable bonds is 3. The first-order valence-corrected chi connectivity index (χ1v) is 7.65. The molecule has 3 heterocycles. The van der Waals surface area contributed by atoms with Crippen LogP contribution in [0.15, 0.2) is 48.8 Å². The lowest BCUT2D eigenvalue weighted by atomic mass is 10.0. The van der Waals surface area contributed by atoms with E-state index in [0.717, 1.165) is 10.6 Å². The Morgan fingerprint density at radius 1 is 1.04 bits per heavy atom. The highest BCUT2D eigenvalue weighted by molar-refractivity contribution is 5.99. The second-order valence-electron chi connectivity index (χ2n) is 5.82. The van der Waals surface area contributed by atoms with Crippen LogP contribution >= 0.6 is 0 Å². The predicted molar refractivity (Wildman–Crippen MR) is 83.7 cm³/mol. The topological polar surface area (TPSA) is 71.8 Å². The first kappa shape index (κ1) is 14.5. The van der Waals surface area contributed by atoms with Crippen LogP contribution in [0.5, 0.6) is 0 Å². The summed E-state index contributed by atoms with van der Waals surface area (Å²) in [5, 5.41) is 0. The molecule has 0 radical (unpaired) electrons. The summed E-state index contributed by atoms with van der Waals surface area (Å²) in [6.45, 7) is 0.488. The first-order chi connectivity index (χ1) is 11.6. The number of hydrogen-bond donors (Lipinski definition) is 0. The number of aromatic nitrogens is 1. The van der Waals surface area contributed by atoms with Crippen LogP contribution in [0.4, 0.5) is 4.79 Å². The molecule has 7 nitrogen and oxygen atoms in total. The minimum Gasteiger partial charge on any atom is -0.439 e. The number of likely N-dealkylation sites (tertiary alicyclic amines) is 1. The van der Waals surface area contributed by atoms with Gasteiger partial charge in [0.2, 0.25) is 0 Å². The van der Waals surface area contributed by atoms with Crippen molar-refractivity contribution in [1.29, 1.82) is 0 Å². The van der Waals surface area contributed by atoms with Crippen molar-refractivity contribution < 1.29 is 19.1 Å². The molecular formula is C17H15N3O4. The number of amides is 3. The van der Waals surface area contributed by atoms with E-state index in [2.05, 4.69) is 0 Å². The van der Waals surface area contributed by atoms with Crippen LogP contribution < -0.4 is 0 Å². The lowest BCUT2D eigenvalue weighted by molar-refractivity contribution is -0.129. The van der Waals surface area contributed by atoms with E-state index in [4.69, 9.17) is 4.74 Å². The van der Waals surface area contributed by atoms with E-state index in [1.165, 1.54) is 0 Å². The van der Waals surface area contributed by atoms with Gasteiger partial charge in [-0.2, -0.15) is 0 Å². The lowest BCUT2D eigenvalue weighted by Gasteiger charge is -2.41. The van der Waals surface area contributed by atoms with Gasteiger partial charge in [0.05, 0.1) is 6.04 Å². The van der Waals surface area contributed by atoms with Gasteiger partial charge in [0.1, 0.15) is 0 Å². The smallest absolute Gasteiger partial charge is 0.417 e. The van der Waals surface area contributed by atoms with Gasteiger partial charge in [-0.3, -0.25) is 9.59 Å². The van der Waals surface area contributed by atoms with Crippen molar-refractivity contribution >= 4 is 17.9 Å². The van der Waals surface area contributed by atoms with Crippen molar-refractivity contribution in [2.45, 2.75) is 6.04 Å². The van der Waals surface area contributed by atoms with E-state index in [1.807, 2.05) is 41.2 Å². The summed E-state index contributed by atoms with van der Waals surface area (Å²) in [6.07, 6.45) is 3.25. The summed E-state index contributed by atoms with van der Waals surface area (Å²) in [5.74, 6) is -0.446. The molecule has 2 fully saturated rings. The molecule has 2 aliphatic rings. The van der Waals surface area contributed by atoms with E-state index in [1.54, 1.807) is 17.0 Å². The van der Waals surface area contributed by atoms with Crippen LogP contribution in [0.1, 0.15) is 10.4 Å². The van der Waals surface area contributed by atoms with Gasteiger partial charge < -0.3 is 14.2 Å². The fraction of sp³-hybridized carbons (Fsp3) is 0.235. The number of hydrogen-bond acceptors (Lipinski definition) is 4. The van der Waals surface area contributed by atoms with Gasteiger partial charge in [-0.15, -0.1) is 0 Å². The van der Waals surface area contributed by atoms with Gasteiger partial charge in [-0.25, -0.2) is 9.69 Å². The number of imide groups is 1. The van der Waals surface area contributed by atoms with Crippen molar-refractivity contribution in [2.75, 3.05) is 19.7 Å². The van der Waals surface area contributed by atoms with Gasteiger partial charge in [-0.1, -0.05) is 0 Å². The van der Waals surface area contributed by atoms with E-state index in [9.17, 15) is 14.4 Å². The van der Waals surface area contributed by atoms with E-state index in [-0.39, 0.29) is 24.5 Å². The molecule has 122 valence electrons. The van der Waals surface area contributed by atoms with Gasteiger partial charge in [-0.05, 0) is 36.4 Å².